The molecule has 0 atom stereocenters. The lowest BCUT2D eigenvalue weighted by Gasteiger charge is -2.17. The van der Waals surface area contributed by atoms with E-state index in [0.717, 1.165) is 30.5 Å². The highest BCUT2D eigenvalue weighted by molar-refractivity contribution is 6.31. The van der Waals surface area contributed by atoms with E-state index < -0.39 is 5.91 Å². The summed E-state index contributed by atoms with van der Waals surface area (Å²) in [5, 5.41) is 14.4. The second kappa shape index (κ2) is 6.20. The molecule has 112 valence electrons. The van der Waals surface area contributed by atoms with Crippen LogP contribution in [0, 0.1) is 0 Å². The number of halogens is 1. The van der Waals surface area contributed by atoms with Gasteiger partial charge >= 0.3 is 0 Å². The van der Waals surface area contributed by atoms with Crippen LogP contribution in [-0.2, 0) is 6.42 Å². The molecule has 2 aromatic carbocycles. The normalized spacial score (nSPS) is 15.4. The molecule has 0 heterocycles. The lowest BCUT2D eigenvalue weighted by molar-refractivity contribution is 0.0952. The van der Waals surface area contributed by atoms with Crippen molar-refractivity contribution in [3.8, 4) is 5.75 Å². The van der Waals surface area contributed by atoms with Gasteiger partial charge in [-0.3, -0.25) is 4.79 Å². The van der Waals surface area contributed by atoms with Crippen molar-refractivity contribution in [1.29, 1.82) is 0 Å². The van der Waals surface area contributed by atoms with Gasteiger partial charge in [0, 0.05) is 10.6 Å². The number of hydrogen-bond acceptors (Lipinski definition) is 3. The van der Waals surface area contributed by atoms with E-state index in [1.807, 2.05) is 18.2 Å². The van der Waals surface area contributed by atoms with Crippen molar-refractivity contribution >= 4 is 23.2 Å². The number of benzene rings is 2. The summed E-state index contributed by atoms with van der Waals surface area (Å²) in [6.45, 7) is 0. The van der Waals surface area contributed by atoms with Crippen molar-refractivity contribution in [3.05, 3.63) is 64.2 Å². The van der Waals surface area contributed by atoms with Gasteiger partial charge in [-0.05, 0) is 43.0 Å². The van der Waals surface area contributed by atoms with E-state index in [4.69, 9.17) is 11.6 Å². The van der Waals surface area contributed by atoms with Crippen molar-refractivity contribution in [2.75, 3.05) is 0 Å². The maximum absolute atomic E-state index is 12.1. The van der Waals surface area contributed by atoms with Crippen LogP contribution in [0.5, 0.6) is 5.75 Å². The third-order valence-electron chi connectivity index (χ3n) is 3.68. The summed E-state index contributed by atoms with van der Waals surface area (Å²) in [6, 6.07) is 12.4. The summed E-state index contributed by atoms with van der Waals surface area (Å²) in [5.41, 5.74) is 5.79. The van der Waals surface area contributed by atoms with E-state index in [1.54, 1.807) is 0 Å². The van der Waals surface area contributed by atoms with Gasteiger partial charge in [0.15, 0.2) is 0 Å². The molecule has 22 heavy (non-hydrogen) atoms. The average Bonchev–Trinajstić information content (AvgIpc) is 2.54. The Morgan fingerprint density at radius 1 is 1.18 bits per heavy atom. The van der Waals surface area contributed by atoms with Crippen LogP contribution in [0.15, 0.2) is 47.6 Å². The van der Waals surface area contributed by atoms with Crippen LogP contribution in [0.25, 0.3) is 0 Å². The number of aromatic hydroxyl groups is 1. The Morgan fingerprint density at radius 2 is 2.00 bits per heavy atom. The van der Waals surface area contributed by atoms with Crippen LogP contribution in [0.3, 0.4) is 0 Å². The number of phenols is 1. The van der Waals surface area contributed by atoms with Crippen molar-refractivity contribution in [3.63, 3.8) is 0 Å². The Morgan fingerprint density at radius 3 is 2.86 bits per heavy atom. The molecule has 3 rings (SSSR count). The van der Waals surface area contributed by atoms with Crippen molar-refractivity contribution in [2.45, 2.75) is 19.3 Å². The summed E-state index contributed by atoms with van der Waals surface area (Å²) >= 11 is 5.85. The number of phenolic OH excluding ortho intramolecular Hbond substituents is 1. The Bertz CT molecular complexity index is 756. The first-order valence-electron chi connectivity index (χ1n) is 7.09. The Balaban J connectivity index is 1.83. The predicted molar refractivity (Wildman–Crippen MR) is 86.5 cm³/mol. The summed E-state index contributed by atoms with van der Waals surface area (Å²) < 4.78 is 0. The fraction of sp³-hybridized carbons (Fsp3) is 0.176. The highest BCUT2D eigenvalue weighted by Crippen LogP contribution is 2.23. The first-order valence-corrected chi connectivity index (χ1v) is 7.46. The molecule has 1 aliphatic carbocycles. The zero-order valence-electron chi connectivity index (χ0n) is 11.8. The van der Waals surface area contributed by atoms with Crippen LogP contribution < -0.4 is 5.43 Å². The zero-order chi connectivity index (χ0) is 15.5. The van der Waals surface area contributed by atoms with Gasteiger partial charge in [-0.1, -0.05) is 35.9 Å². The Labute approximate surface area is 133 Å². The van der Waals surface area contributed by atoms with E-state index in [-0.39, 0.29) is 11.3 Å². The number of hydrogen-bond donors (Lipinski definition) is 2. The lowest BCUT2D eigenvalue weighted by Crippen LogP contribution is -2.22. The number of carbonyl (C=O) groups is 1. The molecule has 0 bridgehead atoms. The van der Waals surface area contributed by atoms with E-state index in [9.17, 15) is 9.90 Å². The summed E-state index contributed by atoms with van der Waals surface area (Å²) in [6.07, 6.45) is 2.85. The van der Waals surface area contributed by atoms with Crippen LogP contribution in [0.4, 0.5) is 0 Å². The molecule has 0 unspecified atom stereocenters. The quantitative estimate of drug-likeness (QED) is 0.833. The van der Waals surface area contributed by atoms with Crippen molar-refractivity contribution in [1.82, 2.24) is 5.43 Å². The molecule has 4 nitrogen and oxygen atoms in total. The summed E-state index contributed by atoms with van der Waals surface area (Å²) in [4.78, 5) is 12.1. The molecule has 0 spiro atoms. The van der Waals surface area contributed by atoms with Crippen molar-refractivity contribution in [2.24, 2.45) is 5.10 Å². The minimum atomic E-state index is -0.476. The van der Waals surface area contributed by atoms with Crippen LogP contribution >= 0.6 is 11.6 Å². The summed E-state index contributed by atoms with van der Waals surface area (Å²) in [5.74, 6) is -0.596. The van der Waals surface area contributed by atoms with Gasteiger partial charge in [-0.25, -0.2) is 5.43 Å². The Kier molecular flexibility index (Phi) is 4.11. The molecule has 0 aliphatic heterocycles. The number of nitrogens with zero attached hydrogens (tertiary/aromatic N) is 1. The third-order valence-corrected chi connectivity index (χ3v) is 3.92. The number of amides is 1. The van der Waals surface area contributed by atoms with Crippen molar-refractivity contribution < 1.29 is 9.90 Å². The molecule has 0 saturated carbocycles. The van der Waals surface area contributed by atoms with Gasteiger partial charge in [0.1, 0.15) is 5.75 Å². The standard InChI is InChI=1S/C17H15ClN2O2/c18-12-8-9-16(21)14(10-12)17(22)20-19-15-7-3-5-11-4-1-2-6-13(11)15/h1-2,4,6,8-10,21H,3,5,7H2,(H,20,22)/b19-15-. The topological polar surface area (TPSA) is 61.7 Å². The second-order valence-corrected chi connectivity index (χ2v) is 5.61. The number of fused-ring (bicyclic) bond motifs is 1. The largest absolute Gasteiger partial charge is 0.507 e. The fourth-order valence-corrected chi connectivity index (χ4v) is 2.76. The molecule has 1 amide bonds. The molecule has 0 saturated heterocycles. The molecule has 0 aromatic heterocycles. The number of hydrazone groups is 1. The zero-order valence-corrected chi connectivity index (χ0v) is 12.6. The van der Waals surface area contributed by atoms with Gasteiger partial charge in [0.25, 0.3) is 5.91 Å². The molecule has 0 fully saturated rings. The minimum Gasteiger partial charge on any atom is -0.507 e. The van der Waals surface area contributed by atoms with Gasteiger partial charge in [0.05, 0.1) is 11.3 Å². The SMILES string of the molecule is O=C(N/N=C1/CCCc2ccccc21)c1cc(Cl)ccc1O. The Hall–Kier alpha value is -2.33. The fourth-order valence-electron chi connectivity index (χ4n) is 2.59. The number of aryl methyl sites for hydroxylation is 1. The maximum Gasteiger partial charge on any atom is 0.275 e. The van der Waals surface area contributed by atoms with E-state index in [2.05, 4.69) is 16.6 Å². The second-order valence-electron chi connectivity index (χ2n) is 5.17. The molecule has 0 radical (unpaired) electrons. The molecule has 5 heteroatoms. The first-order chi connectivity index (χ1) is 10.6. The molecule has 2 N–H and O–H groups in total. The molecular formula is C17H15ClN2O2. The number of carbonyl (C=O) groups excluding carboxylic acids is 1. The van der Waals surface area contributed by atoms with Crippen LogP contribution in [0.2, 0.25) is 5.02 Å². The minimum absolute atomic E-state index is 0.112. The highest BCUT2D eigenvalue weighted by atomic mass is 35.5. The monoisotopic (exact) mass is 314 g/mol. The van der Waals surface area contributed by atoms with Crippen LogP contribution in [0.1, 0.15) is 34.3 Å². The van der Waals surface area contributed by atoms with Gasteiger partial charge in [-0.15, -0.1) is 0 Å². The van der Waals surface area contributed by atoms with Gasteiger partial charge in [-0.2, -0.15) is 5.10 Å². The first kappa shape index (κ1) is 14.6. The molecular weight excluding hydrogens is 300 g/mol. The van der Waals surface area contributed by atoms with E-state index in [1.165, 1.54) is 23.8 Å². The van der Waals surface area contributed by atoms with Gasteiger partial charge < -0.3 is 5.11 Å². The third kappa shape index (κ3) is 2.97. The maximum atomic E-state index is 12.1. The van der Waals surface area contributed by atoms with Crippen LogP contribution in [-0.4, -0.2) is 16.7 Å². The number of nitrogens with one attached hydrogen (secondary N) is 1. The average molecular weight is 315 g/mol. The number of rotatable bonds is 2. The van der Waals surface area contributed by atoms with E-state index >= 15 is 0 Å². The predicted octanol–water partition coefficient (Wildman–Crippen LogP) is 3.52. The smallest absolute Gasteiger partial charge is 0.275 e. The molecule has 1 aliphatic rings. The van der Waals surface area contributed by atoms with E-state index in [0.29, 0.717) is 5.02 Å². The molecule has 2 aromatic rings. The highest BCUT2D eigenvalue weighted by Gasteiger charge is 2.16. The van der Waals surface area contributed by atoms with Gasteiger partial charge in [0.2, 0.25) is 0 Å². The summed E-state index contributed by atoms with van der Waals surface area (Å²) in [7, 11) is 0. The lowest BCUT2D eigenvalue weighted by atomic mass is 9.90.